The third kappa shape index (κ3) is 2.93. The van der Waals surface area contributed by atoms with Gasteiger partial charge < -0.3 is 10.1 Å². The van der Waals surface area contributed by atoms with Gasteiger partial charge in [-0.2, -0.15) is 0 Å². The number of methoxy groups -OCH3 is 1. The number of para-hydroxylation sites is 2. The molecule has 4 heteroatoms. The highest BCUT2D eigenvalue weighted by Crippen LogP contribution is 2.23. The van der Waals surface area contributed by atoms with Crippen molar-refractivity contribution < 1.29 is 4.74 Å². The third-order valence-electron chi connectivity index (χ3n) is 2.40. The van der Waals surface area contributed by atoms with E-state index in [1.54, 1.807) is 13.3 Å². The number of hydrogen-bond donors (Lipinski definition) is 1. The molecule has 4 nitrogen and oxygen atoms in total. The summed E-state index contributed by atoms with van der Waals surface area (Å²) < 4.78 is 5.26. The molecule has 0 saturated carbocycles. The Balaban J connectivity index is 2.07. The van der Waals surface area contributed by atoms with Crippen LogP contribution in [0.1, 0.15) is 11.5 Å². The molecule has 1 heterocycles. The van der Waals surface area contributed by atoms with Gasteiger partial charge in [0.2, 0.25) is 0 Å². The van der Waals surface area contributed by atoms with E-state index in [1.165, 1.54) is 0 Å². The molecule has 0 atom stereocenters. The molecule has 0 radical (unpaired) electrons. The molecule has 0 fully saturated rings. The van der Waals surface area contributed by atoms with Gasteiger partial charge >= 0.3 is 0 Å². The van der Waals surface area contributed by atoms with Crippen LogP contribution >= 0.6 is 0 Å². The Labute approximate surface area is 101 Å². The van der Waals surface area contributed by atoms with E-state index in [9.17, 15) is 0 Å². The van der Waals surface area contributed by atoms with Crippen LogP contribution in [0.15, 0.2) is 36.5 Å². The van der Waals surface area contributed by atoms with E-state index in [-0.39, 0.29) is 0 Å². The van der Waals surface area contributed by atoms with Gasteiger partial charge in [0.05, 0.1) is 25.0 Å². The minimum absolute atomic E-state index is 0.656. The summed E-state index contributed by atoms with van der Waals surface area (Å²) in [5, 5.41) is 3.29. The molecule has 1 aromatic carbocycles. The lowest BCUT2D eigenvalue weighted by molar-refractivity contribution is 0.416. The number of hydrogen-bond acceptors (Lipinski definition) is 4. The number of benzene rings is 1. The molecule has 0 spiro atoms. The van der Waals surface area contributed by atoms with Gasteiger partial charge in [0.15, 0.2) is 0 Å². The first-order valence-electron chi connectivity index (χ1n) is 5.45. The van der Waals surface area contributed by atoms with Crippen molar-refractivity contribution >= 4 is 5.69 Å². The molecule has 88 valence electrons. The first-order valence-corrected chi connectivity index (χ1v) is 5.45. The van der Waals surface area contributed by atoms with Crippen molar-refractivity contribution in [3.63, 3.8) is 0 Å². The van der Waals surface area contributed by atoms with Gasteiger partial charge in [-0.25, -0.2) is 9.97 Å². The third-order valence-corrected chi connectivity index (χ3v) is 2.40. The minimum Gasteiger partial charge on any atom is -0.495 e. The molecule has 1 N–H and O–H groups in total. The lowest BCUT2D eigenvalue weighted by atomic mass is 10.3. The van der Waals surface area contributed by atoms with E-state index >= 15 is 0 Å². The predicted molar refractivity (Wildman–Crippen MR) is 67.1 cm³/mol. The van der Waals surface area contributed by atoms with Crippen LogP contribution in [0.4, 0.5) is 5.69 Å². The van der Waals surface area contributed by atoms with Crippen LogP contribution in [0.25, 0.3) is 0 Å². The zero-order valence-corrected chi connectivity index (χ0v) is 9.97. The summed E-state index contributed by atoms with van der Waals surface area (Å²) >= 11 is 0. The number of rotatable bonds is 4. The fourth-order valence-electron chi connectivity index (χ4n) is 1.58. The lowest BCUT2D eigenvalue weighted by Crippen LogP contribution is -2.04. The van der Waals surface area contributed by atoms with Gasteiger partial charge in [-0.15, -0.1) is 0 Å². The van der Waals surface area contributed by atoms with Crippen LogP contribution in [0, 0.1) is 6.92 Å². The maximum absolute atomic E-state index is 5.26. The first-order chi connectivity index (χ1) is 8.29. The Hall–Kier alpha value is -2.10. The quantitative estimate of drug-likeness (QED) is 0.874. The van der Waals surface area contributed by atoms with Crippen LogP contribution in [0.2, 0.25) is 0 Å². The fourth-order valence-corrected chi connectivity index (χ4v) is 1.58. The Morgan fingerprint density at radius 3 is 2.82 bits per heavy atom. The highest BCUT2D eigenvalue weighted by Gasteiger charge is 2.01. The van der Waals surface area contributed by atoms with E-state index in [4.69, 9.17) is 4.74 Å². The number of anilines is 1. The molecule has 0 aliphatic heterocycles. The van der Waals surface area contributed by atoms with E-state index in [0.29, 0.717) is 6.54 Å². The molecular weight excluding hydrogens is 214 g/mol. The second-order valence-corrected chi connectivity index (χ2v) is 3.65. The maximum Gasteiger partial charge on any atom is 0.141 e. The summed E-state index contributed by atoms with van der Waals surface area (Å²) in [5.74, 6) is 1.61. The summed E-state index contributed by atoms with van der Waals surface area (Å²) in [6, 6.07) is 9.71. The molecule has 2 rings (SSSR count). The summed E-state index contributed by atoms with van der Waals surface area (Å²) in [6.45, 7) is 2.54. The van der Waals surface area contributed by atoms with Crippen molar-refractivity contribution in [1.29, 1.82) is 0 Å². The van der Waals surface area contributed by atoms with Crippen molar-refractivity contribution in [3.8, 4) is 5.75 Å². The number of aryl methyl sites for hydroxylation is 1. The van der Waals surface area contributed by atoms with Crippen molar-refractivity contribution in [1.82, 2.24) is 9.97 Å². The molecule has 17 heavy (non-hydrogen) atoms. The Bertz CT molecular complexity index is 500. The fraction of sp³-hybridized carbons (Fsp3) is 0.231. The zero-order valence-electron chi connectivity index (χ0n) is 9.97. The molecule has 0 aliphatic carbocycles. The van der Waals surface area contributed by atoms with E-state index < -0.39 is 0 Å². The molecule has 0 saturated heterocycles. The van der Waals surface area contributed by atoms with E-state index in [1.807, 2.05) is 37.3 Å². The maximum atomic E-state index is 5.26. The number of nitrogens with zero attached hydrogens (tertiary/aromatic N) is 2. The largest absolute Gasteiger partial charge is 0.495 e. The molecule has 2 aromatic rings. The van der Waals surface area contributed by atoms with Crippen molar-refractivity contribution in [2.75, 3.05) is 12.4 Å². The van der Waals surface area contributed by atoms with Crippen LogP contribution in [0.3, 0.4) is 0 Å². The van der Waals surface area contributed by atoms with Gasteiger partial charge in [0.25, 0.3) is 0 Å². The molecule has 0 bridgehead atoms. The Kier molecular flexibility index (Phi) is 3.55. The first kappa shape index (κ1) is 11.4. The molecule has 0 unspecified atom stereocenters. The zero-order chi connectivity index (χ0) is 12.1. The van der Waals surface area contributed by atoms with Crippen molar-refractivity contribution in [2.45, 2.75) is 13.5 Å². The van der Waals surface area contributed by atoms with Crippen molar-refractivity contribution in [2.24, 2.45) is 0 Å². The van der Waals surface area contributed by atoms with Gasteiger partial charge in [-0.1, -0.05) is 12.1 Å². The van der Waals surface area contributed by atoms with Gasteiger partial charge in [0, 0.05) is 6.20 Å². The SMILES string of the molecule is COc1ccccc1NCc1ccnc(C)n1. The second-order valence-electron chi connectivity index (χ2n) is 3.65. The smallest absolute Gasteiger partial charge is 0.141 e. The predicted octanol–water partition coefficient (Wildman–Crippen LogP) is 2.41. The Morgan fingerprint density at radius 2 is 2.06 bits per heavy atom. The molecule has 0 amide bonds. The normalized spacial score (nSPS) is 10.0. The highest BCUT2D eigenvalue weighted by molar-refractivity contribution is 5.56. The van der Waals surface area contributed by atoms with Gasteiger partial charge in [-0.05, 0) is 25.1 Å². The minimum atomic E-state index is 0.656. The second kappa shape index (κ2) is 5.30. The highest BCUT2D eigenvalue weighted by atomic mass is 16.5. The molecule has 1 aromatic heterocycles. The van der Waals surface area contributed by atoms with Crippen LogP contribution < -0.4 is 10.1 Å². The monoisotopic (exact) mass is 229 g/mol. The van der Waals surface area contributed by atoms with Crippen LogP contribution in [0.5, 0.6) is 5.75 Å². The average molecular weight is 229 g/mol. The van der Waals surface area contributed by atoms with Gasteiger partial charge in [-0.3, -0.25) is 0 Å². The van der Waals surface area contributed by atoms with E-state index in [2.05, 4.69) is 15.3 Å². The lowest BCUT2D eigenvalue weighted by Gasteiger charge is -2.10. The van der Waals surface area contributed by atoms with Crippen molar-refractivity contribution in [3.05, 3.63) is 48.0 Å². The topological polar surface area (TPSA) is 47.0 Å². The summed E-state index contributed by atoms with van der Waals surface area (Å²) in [6.07, 6.45) is 1.77. The molecule has 0 aliphatic rings. The standard InChI is InChI=1S/C13H15N3O/c1-10-14-8-7-11(16-10)9-15-12-5-3-4-6-13(12)17-2/h3-8,15H,9H2,1-2H3. The van der Waals surface area contributed by atoms with Crippen LogP contribution in [-0.2, 0) is 6.54 Å². The van der Waals surface area contributed by atoms with E-state index in [0.717, 1.165) is 23.0 Å². The average Bonchev–Trinajstić information content (AvgIpc) is 2.37. The Morgan fingerprint density at radius 1 is 1.24 bits per heavy atom. The number of nitrogens with one attached hydrogen (secondary N) is 1. The number of aromatic nitrogens is 2. The van der Waals surface area contributed by atoms with Crippen LogP contribution in [-0.4, -0.2) is 17.1 Å². The summed E-state index contributed by atoms with van der Waals surface area (Å²) in [5.41, 5.74) is 1.93. The summed E-state index contributed by atoms with van der Waals surface area (Å²) in [7, 11) is 1.66. The van der Waals surface area contributed by atoms with Gasteiger partial charge in [0.1, 0.15) is 11.6 Å². The number of ether oxygens (including phenoxy) is 1. The summed E-state index contributed by atoms with van der Waals surface area (Å²) in [4.78, 5) is 8.39. The molecular formula is C13H15N3O.